The first-order chi connectivity index (χ1) is 12.5. The Morgan fingerprint density at radius 3 is 2.63 bits per heavy atom. The molecular formula is C20H32N2O4S. The van der Waals surface area contributed by atoms with Gasteiger partial charge in [0.15, 0.2) is 0 Å². The Bertz CT molecular complexity index is 763. The van der Waals surface area contributed by atoms with Gasteiger partial charge in [0.1, 0.15) is 0 Å². The van der Waals surface area contributed by atoms with Gasteiger partial charge in [-0.05, 0) is 78.0 Å². The summed E-state index contributed by atoms with van der Waals surface area (Å²) in [5, 5.41) is 2.98. The monoisotopic (exact) mass is 396 g/mol. The molecule has 0 radical (unpaired) electrons. The highest BCUT2D eigenvalue weighted by atomic mass is 32.2. The summed E-state index contributed by atoms with van der Waals surface area (Å²) >= 11 is 0. The molecule has 152 valence electrons. The van der Waals surface area contributed by atoms with Gasteiger partial charge in [-0.2, -0.15) is 0 Å². The van der Waals surface area contributed by atoms with Crippen molar-refractivity contribution in [3.8, 4) is 0 Å². The molecule has 2 rings (SSSR count). The number of nitrogens with one attached hydrogen (secondary N) is 2. The molecule has 0 saturated carbocycles. The van der Waals surface area contributed by atoms with E-state index in [0.29, 0.717) is 11.7 Å². The lowest BCUT2D eigenvalue weighted by molar-refractivity contribution is 0.0898. The minimum absolute atomic E-state index is 0.00550. The Balaban J connectivity index is 2.06. The first-order valence-electron chi connectivity index (χ1n) is 9.55. The van der Waals surface area contributed by atoms with Crippen molar-refractivity contribution in [1.29, 1.82) is 0 Å². The zero-order chi connectivity index (χ0) is 20.2. The first-order valence-corrected chi connectivity index (χ1v) is 11.0. The molecule has 2 unspecified atom stereocenters. The van der Waals surface area contributed by atoms with Crippen LogP contribution in [0.25, 0.3) is 0 Å². The lowest BCUT2D eigenvalue weighted by atomic mass is 10.1. The van der Waals surface area contributed by atoms with Crippen LogP contribution in [0.3, 0.4) is 0 Å². The summed E-state index contributed by atoms with van der Waals surface area (Å²) in [5.74, 6) is -0.250. The van der Waals surface area contributed by atoms with E-state index in [1.165, 1.54) is 12.1 Å². The predicted octanol–water partition coefficient (Wildman–Crippen LogP) is 3.15. The third kappa shape index (κ3) is 6.59. The molecule has 1 aliphatic heterocycles. The number of hydrogen-bond acceptors (Lipinski definition) is 4. The molecule has 0 bridgehead atoms. The second kappa shape index (κ2) is 8.71. The smallest absolute Gasteiger partial charge is 0.251 e. The fourth-order valence-corrected chi connectivity index (χ4v) is 4.60. The molecule has 1 aliphatic rings. The maximum Gasteiger partial charge on any atom is 0.251 e. The number of carbonyl (C=O) groups is 1. The minimum atomic E-state index is -3.69. The van der Waals surface area contributed by atoms with Crippen molar-refractivity contribution in [3.63, 3.8) is 0 Å². The van der Waals surface area contributed by atoms with Crippen LogP contribution in [-0.4, -0.2) is 38.6 Å². The molecule has 7 heteroatoms. The highest BCUT2D eigenvalue weighted by Crippen LogP contribution is 2.20. The summed E-state index contributed by atoms with van der Waals surface area (Å²) in [6.45, 7) is 9.93. The molecule has 2 N–H and O–H groups in total. The van der Waals surface area contributed by atoms with E-state index < -0.39 is 15.6 Å². The Morgan fingerprint density at radius 2 is 2.04 bits per heavy atom. The molecule has 1 fully saturated rings. The number of benzene rings is 1. The van der Waals surface area contributed by atoms with E-state index in [-0.39, 0.29) is 16.8 Å². The largest absolute Gasteiger partial charge is 0.378 e. The van der Waals surface area contributed by atoms with Crippen molar-refractivity contribution >= 4 is 15.9 Å². The lowest BCUT2D eigenvalue weighted by Crippen LogP contribution is -2.40. The molecule has 0 spiro atoms. The van der Waals surface area contributed by atoms with Crippen LogP contribution in [0.1, 0.15) is 69.3 Å². The van der Waals surface area contributed by atoms with E-state index in [4.69, 9.17) is 4.74 Å². The molecule has 1 aromatic carbocycles. The maximum absolute atomic E-state index is 12.7. The Labute approximate surface area is 163 Å². The van der Waals surface area contributed by atoms with Crippen LogP contribution < -0.4 is 10.0 Å². The molecule has 0 aromatic heterocycles. The van der Waals surface area contributed by atoms with Crippen molar-refractivity contribution in [2.45, 2.75) is 82.9 Å². The van der Waals surface area contributed by atoms with Crippen LogP contribution in [0.5, 0.6) is 0 Å². The van der Waals surface area contributed by atoms with Crippen LogP contribution >= 0.6 is 0 Å². The van der Waals surface area contributed by atoms with E-state index in [9.17, 15) is 13.2 Å². The second-order valence-electron chi connectivity index (χ2n) is 8.42. The molecule has 27 heavy (non-hydrogen) atoms. The maximum atomic E-state index is 12.7. The summed E-state index contributed by atoms with van der Waals surface area (Å²) < 4.78 is 33.3. The number of hydrogen-bond donors (Lipinski definition) is 2. The van der Waals surface area contributed by atoms with Crippen molar-refractivity contribution in [2.75, 3.05) is 6.61 Å². The van der Waals surface area contributed by atoms with Gasteiger partial charge in [0.25, 0.3) is 5.91 Å². The van der Waals surface area contributed by atoms with Crippen molar-refractivity contribution in [1.82, 2.24) is 10.0 Å². The summed E-state index contributed by atoms with van der Waals surface area (Å²) in [4.78, 5) is 12.8. The van der Waals surface area contributed by atoms with Crippen molar-refractivity contribution in [3.05, 3.63) is 29.3 Å². The SMILES string of the molecule is Cc1ccc(S(=O)(=O)NC(C)(C)C)cc1C(=O)NC(C)CCC1CCCO1. The van der Waals surface area contributed by atoms with Gasteiger partial charge in [-0.3, -0.25) is 4.79 Å². The number of ether oxygens (including phenoxy) is 1. The van der Waals surface area contributed by atoms with Gasteiger partial charge in [-0.15, -0.1) is 0 Å². The Hall–Kier alpha value is -1.44. The molecule has 1 aromatic rings. The third-order valence-corrected chi connectivity index (χ3v) is 6.28. The number of amides is 1. The van der Waals surface area contributed by atoms with Crippen molar-refractivity contribution in [2.24, 2.45) is 0 Å². The third-order valence-electron chi connectivity index (χ3n) is 4.53. The summed E-state index contributed by atoms with van der Waals surface area (Å²) in [7, 11) is -3.69. The van der Waals surface area contributed by atoms with Gasteiger partial charge in [0.05, 0.1) is 11.0 Å². The fraction of sp³-hybridized carbons (Fsp3) is 0.650. The number of rotatable bonds is 7. The number of sulfonamides is 1. The molecule has 1 saturated heterocycles. The molecular weight excluding hydrogens is 364 g/mol. The van der Waals surface area contributed by atoms with E-state index in [0.717, 1.165) is 37.9 Å². The van der Waals surface area contributed by atoms with Crippen LogP contribution in [0, 0.1) is 6.92 Å². The lowest BCUT2D eigenvalue weighted by Gasteiger charge is -2.21. The van der Waals surface area contributed by atoms with Gasteiger partial charge < -0.3 is 10.1 Å². The highest BCUT2D eigenvalue weighted by Gasteiger charge is 2.24. The van der Waals surface area contributed by atoms with Crippen LogP contribution in [-0.2, 0) is 14.8 Å². The number of aryl methyl sites for hydroxylation is 1. The first kappa shape index (κ1) is 21.9. The highest BCUT2D eigenvalue weighted by molar-refractivity contribution is 7.89. The van der Waals surface area contributed by atoms with Gasteiger partial charge in [-0.25, -0.2) is 13.1 Å². The average Bonchev–Trinajstić information content (AvgIpc) is 3.04. The van der Waals surface area contributed by atoms with Gasteiger partial charge in [0, 0.05) is 23.8 Å². The van der Waals surface area contributed by atoms with E-state index >= 15 is 0 Å². The fourth-order valence-electron chi connectivity index (χ4n) is 3.16. The standard InChI is InChI=1S/C20H32N2O4S/c1-14-8-11-17(27(24,25)22-20(3,4)5)13-18(14)19(23)21-15(2)9-10-16-7-6-12-26-16/h8,11,13,15-16,22H,6-7,9-10,12H2,1-5H3,(H,21,23). The molecule has 0 aliphatic carbocycles. The normalized spacial score (nSPS) is 19.1. The van der Waals surface area contributed by atoms with E-state index in [1.54, 1.807) is 33.8 Å². The van der Waals surface area contributed by atoms with Gasteiger partial charge >= 0.3 is 0 Å². The molecule has 6 nitrogen and oxygen atoms in total. The summed E-state index contributed by atoms with van der Waals surface area (Å²) in [6.07, 6.45) is 4.24. The van der Waals surface area contributed by atoms with Crippen LogP contribution in [0.4, 0.5) is 0 Å². The van der Waals surface area contributed by atoms with Crippen LogP contribution in [0.15, 0.2) is 23.1 Å². The summed E-state index contributed by atoms with van der Waals surface area (Å²) in [5.41, 5.74) is 0.535. The summed E-state index contributed by atoms with van der Waals surface area (Å²) in [6, 6.07) is 4.64. The van der Waals surface area contributed by atoms with Crippen LogP contribution in [0.2, 0.25) is 0 Å². The zero-order valence-corrected chi connectivity index (χ0v) is 17.8. The predicted molar refractivity (Wildman–Crippen MR) is 106 cm³/mol. The second-order valence-corrected chi connectivity index (χ2v) is 10.1. The molecule has 1 heterocycles. The van der Waals surface area contributed by atoms with E-state index in [1.807, 2.05) is 6.92 Å². The molecule has 2 atom stereocenters. The van der Waals surface area contributed by atoms with Gasteiger partial charge in [-0.1, -0.05) is 6.07 Å². The minimum Gasteiger partial charge on any atom is -0.378 e. The quantitative estimate of drug-likeness (QED) is 0.741. The van der Waals surface area contributed by atoms with E-state index in [2.05, 4.69) is 10.0 Å². The Morgan fingerprint density at radius 1 is 1.33 bits per heavy atom. The zero-order valence-electron chi connectivity index (χ0n) is 17.0. The van der Waals surface area contributed by atoms with Gasteiger partial charge in [0.2, 0.25) is 10.0 Å². The topological polar surface area (TPSA) is 84.5 Å². The average molecular weight is 397 g/mol. The molecule has 1 amide bonds. The number of carbonyl (C=O) groups excluding carboxylic acids is 1. The Kier molecular flexibility index (Phi) is 7.05. The van der Waals surface area contributed by atoms with Crippen molar-refractivity contribution < 1.29 is 17.9 Å².